The highest BCUT2D eigenvalue weighted by molar-refractivity contribution is 7.80. The zero-order chi connectivity index (χ0) is 25.7. The smallest absolute Gasteiger partial charge is 0.250 e. The van der Waals surface area contributed by atoms with Gasteiger partial charge in [-0.05, 0) is 73.2 Å². The van der Waals surface area contributed by atoms with Crippen LogP contribution in [-0.2, 0) is 9.59 Å². The third-order valence-corrected chi connectivity index (χ3v) is 6.51. The average Bonchev–Trinajstić information content (AvgIpc) is 3.44. The Morgan fingerprint density at radius 2 is 1.94 bits per heavy atom. The van der Waals surface area contributed by atoms with Crippen LogP contribution in [0.15, 0.2) is 59.0 Å². The fraction of sp³-hybridized carbons (Fsp3) is 0.120. The van der Waals surface area contributed by atoms with Gasteiger partial charge in [-0.15, -0.1) is 0 Å². The Morgan fingerprint density at radius 3 is 2.72 bits per heavy atom. The number of halogens is 2. The predicted octanol–water partition coefficient (Wildman–Crippen LogP) is 7.13. The lowest BCUT2D eigenvalue weighted by Gasteiger charge is -2.07. The number of aromatic nitrogens is 1. The molecule has 3 N–H and O–H groups in total. The molecule has 0 radical (unpaired) electrons. The van der Waals surface area contributed by atoms with Gasteiger partial charge in [0.2, 0.25) is 11.8 Å². The third-order valence-electron chi connectivity index (χ3n) is 4.83. The van der Waals surface area contributed by atoms with E-state index in [1.54, 1.807) is 36.4 Å². The third kappa shape index (κ3) is 6.70. The first kappa shape index (κ1) is 25.8. The summed E-state index contributed by atoms with van der Waals surface area (Å²) in [4.78, 5) is 28.5. The van der Waals surface area contributed by atoms with E-state index >= 15 is 0 Å². The standard InChI is InChI=1S/C25H20Cl2N4O3S2/c1-2-3-22(32)31-25-29-19-9-5-15(13-21(19)36-25)28-24(35)30-23(33)11-7-16-6-10-20(34-16)17-8-4-14(26)12-18(17)27/h4-13H,2-3H2,1H3,(H,29,31,32)(H2,28,30,33,35)/b11-7+. The molecule has 2 heterocycles. The normalized spacial score (nSPS) is 11.1. The van der Waals surface area contributed by atoms with Crippen molar-refractivity contribution < 1.29 is 14.0 Å². The van der Waals surface area contributed by atoms with Crippen LogP contribution in [0.2, 0.25) is 10.0 Å². The first-order valence-corrected chi connectivity index (χ1v) is 12.8. The maximum absolute atomic E-state index is 12.3. The van der Waals surface area contributed by atoms with Gasteiger partial charge in [0.25, 0.3) is 0 Å². The van der Waals surface area contributed by atoms with E-state index in [9.17, 15) is 9.59 Å². The van der Waals surface area contributed by atoms with Gasteiger partial charge in [-0.25, -0.2) is 4.98 Å². The van der Waals surface area contributed by atoms with E-state index in [1.165, 1.54) is 23.5 Å². The highest BCUT2D eigenvalue weighted by atomic mass is 35.5. The zero-order valence-electron chi connectivity index (χ0n) is 18.9. The molecule has 0 aliphatic carbocycles. The minimum atomic E-state index is -0.422. The van der Waals surface area contributed by atoms with E-state index in [2.05, 4.69) is 20.9 Å². The molecule has 11 heteroatoms. The minimum absolute atomic E-state index is 0.0635. The molecule has 0 saturated heterocycles. The van der Waals surface area contributed by atoms with Crippen LogP contribution in [0.3, 0.4) is 0 Å². The number of anilines is 2. The lowest BCUT2D eigenvalue weighted by atomic mass is 10.2. The number of furan rings is 1. The fourth-order valence-electron chi connectivity index (χ4n) is 3.21. The van der Waals surface area contributed by atoms with Crippen molar-refractivity contribution in [3.05, 3.63) is 70.4 Å². The average molecular weight is 560 g/mol. The molecular weight excluding hydrogens is 539 g/mol. The molecular formula is C25H20Cl2N4O3S2. The van der Waals surface area contributed by atoms with E-state index in [1.807, 2.05) is 19.1 Å². The van der Waals surface area contributed by atoms with Crippen LogP contribution in [0.4, 0.5) is 10.8 Å². The molecule has 2 amide bonds. The molecule has 4 aromatic rings. The minimum Gasteiger partial charge on any atom is -0.457 e. The van der Waals surface area contributed by atoms with Crippen molar-refractivity contribution >= 4 is 90.8 Å². The van der Waals surface area contributed by atoms with Crippen molar-refractivity contribution in [1.82, 2.24) is 10.3 Å². The summed E-state index contributed by atoms with van der Waals surface area (Å²) in [6, 6.07) is 14.1. The van der Waals surface area contributed by atoms with Gasteiger partial charge in [-0.2, -0.15) is 0 Å². The van der Waals surface area contributed by atoms with E-state index < -0.39 is 5.91 Å². The Hall–Kier alpha value is -3.24. The molecule has 0 saturated carbocycles. The van der Waals surface area contributed by atoms with Gasteiger partial charge < -0.3 is 15.1 Å². The number of rotatable bonds is 7. The maximum atomic E-state index is 12.3. The molecule has 0 fully saturated rings. The Balaban J connectivity index is 1.33. The van der Waals surface area contributed by atoms with Gasteiger partial charge in [0.15, 0.2) is 10.2 Å². The van der Waals surface area contributed by atoms with Crippen molar-refractivity contribution in [2.75, 3.05) is 10.6 Å². The van der Waals surface area contributed by atoms with Gasteiger partial charge in [-0.3, -0.25) is 14.9 Å². The Labute approximate surface area is 226 Å². The van der Waals surface area contributed by atoms with Crippen LogP contribution in [0, 0.1) is 0 Å². The molecule has 0 spiro atoms. The molecule has 36 heavy (non-hydrogen) atoms. The van der Waals surface area contributed by atoms with Gasteiger partial charge in [-0.1, -0.05) is 41.5 Å². The van der Waals surface area contributed by atoms with Crippen LogP contribution in [-0.4, -0.2) is 21.9 Å². The van der Waals surface area contributed by atoms with Crippen molar-refractivity contribution in [3.8, 4) is 11.3 Å². The molecule has 7 nitrogen and oxygen atoms in total. The zero-order valence-corrected chi connectivity index (χ0v) is 22.1. The number of thiocarbonyl (C=S) groups is 1. The van der Waals surface area contributed by atoms with Crippen LogP contribution in [0.5, 0.6) is 0 Å². The number of carbonyl (C=O) groups excluding carboxylic acids is 2. The Bertz CT molecular complexity index is 1480. The first-order valence-electron chi connectivity index (χ1n) is 10.9. The molecule has 2 aromatic carbocycles. The van der Waals surface area contributed by atoms with E-state index in [0.29, 0.717) is 44.4 Å². The molecule has 0 atom stereocenters. The maximum Gasteiger partial charge on any atom is 0.250 e. The molecule has 0 bridgehead atoms. The molecule has 0 unspecified atom stereocenters. The van der Waals surface area contributed by atoms with Crippen LogP contribution in [0.1, 0.15) is 25.5 Å². The van der Waals surface area contributed by atoms with Gasteiger partial charge in [0.05, 0.1) is 15.2 Å². The second kappa shape index (κ2) is 11.7. The summed E-state index contributed by atoms with van der Waals surface area (Å²) in [5.41, 5.74) is 2.14. The summed E-state index contributed by atoms with van der Waals surface area (Å²) in [5.74, 6) is 0.546. The number of thiazole rings is 1. The largest absolute Gasteiger partial charge is 0.457 e. The predicted molar refractivity (Wildman–Crippen MR) is 151 cm³/mol. The van der Waals surface area contributed by atoms with Crippen molar-refractivity contribution in [2.45, 2.75) is 19.8 Å². The van der Waals surface area contributed by atoms with E-state index in [-0.39, 0.29) is 11.0 Å². The number of hydrogen-bond acceptors (Lipinski definition) is 6. The van der Waals surface area contributed by atoms with Crippen molar-refractivity contribution in [1.29, 1.82) is 0 Å². The number of amides is 2. The monoisotopic (exact) mass is 558 g/mol. The second-order valence-corrected chi connectivity index (χ2v) is 9.89. The number of fused-ring (bicyclic) bond motifs is 1. The molecule has 0 aliphatic rings. The number of hydrogen-bond donors (Lipinski definition) is 3. The quantitative estimate of drug-likeness (QED) is 0.165. The van der Waals surface area contributed by atoms with Gasteiger partial charge in [0.1, 0.15) is 11.5 Å². The van der Waals surface area contributed by atoms with Crippen LogP contribution >= 0.6 is 46.8 Å². The fourth-order valence-corrected chi connectivity index (χ4v) is 4.86. The number of nitrogens with zero attached hydrogens (tertiary/aromatic N) is 1. The highest BCUT2D eigenvalue weighted by Gasteiger charge is 2.10. The Kier molecular flexibility index (Phi) is 8.37. The highest BCUT2D eigenvalue weighted by Crippen LogP contribution is 2.32. The molecule has 2 aromatic heterocycles. The molecule has 184 valence electrons. The second-order valence-electron chi connectivity index (χ2n) is 7.60. The summed E-state index contributed by atoms with van der Waals surface area (Å²) in [7, 11) is 0. The first-order chi connectivity index (χ1) is 17.3. The summed E-state index contributed by atoms with van der Waals surface area (Å²) in [6.07, 6.45) is 4.06. The number of benzene rings is 2. The SMILES string of the molecule is CCCC(=O)Nc1nc2ccc(NC(=S)NC(=O)/C=C/c3ccc(-c4ccc(Cl)cc4Cl)o3)cc2s1. The summed E-state index contributed by atoms with van der Waals surface area (Å²) in [6.45, 7) is 1.94. The summed E-state index contributed by atoms with van der Waals surface area (Å²) in [5, 5.41) is 10.1. The number of nitrogens with one attached hydrogen (secondary N) is 3. The van der Waals surface area contributed by atoms with Gasteiger partial charge in [0, 0.05) is 28.8 Å². The molecule has 4 rings (SSSR count). The lowest BCUT2D eigenvalue weighted by molar-refractivity contribution is -0.116. The van der Waals surface area contributed by atoms with Crippen molar-refractivity contribution in [3.63, 3.8) is 0 Å². The van der Waals surface area contributed by atoms with Gasteiger partial charge >= 0.3 is 0 Å². The topological polar surface area (TPSA) is 96.3 Å². The lowest BCUT2D eigenvalue weighted by Crippen LogP contribution is -2.32. The van der Waals surface area contributed by atoms with Crippen molar-refractivity contribution in [2.24, 2.45) is 0 Å². The number of carbonyl (C=O) groups is 2. The summed E-state index contributed by atoms with van der Waals surface area (Å²) >= 11 is 18.8. The van der Waals surface area contributed by atoms with E-state index in [0.717, 1.165) is 16.6 Å². The Morgan fingerprint density at radius 1 is 1.11 bits per heavy atom. The summed E-state index contributed by atoms with van der Waals surface area (Å²) < 4.78 is 6.62. The van der Waals surface area contributed by atoms with Crippen LogP contribution < -0.4 is 16.0 Å². The van der Waals surface area contributed by atoms with Crippen LogP contribution in [0.25, 0.3) is 27.6 Å². The van der Waals surface area contributed by atoms with E-state index in [4.69, 9.17) is 39.8 Å². The molecule has 0 aliphatic heterocycles.